The summed E-state index contributed by atoms with van der Waals surface area (Å²) in [6.07, 6.45) is 0. The second-order valence-corrected chi connectivity index (χ2v) is 3.80. The minimum absolute atomic E-state index is 0.488. The van der Waals surface area contributed by atoms with Crippen LogP contribution in [0.5, 0.6) is 0 Å². The Morgan fingerprint density at radius 1 is 1.07 bits per heavy atom. The molecule has 0 saturated carbocycles. The van der Waals surface area contributed by atoms with E-state index in [0.29, 0.717) is 5.82 Å². The van der Waals surface area contributed by atoms with E-state index in [2.05, 4.69) is 26.2 Å². The van der Waals surface area contributed by atoms with Crippen molar-refractivity contribution in [2.45, 2.75) is 0 Å². The lowest BCUT2D eigenvalue weighted by Crippen LogP contribution is -1.95. The molecule has 0 fully saturated rings. The molecule has 0 aliphatic heterocycles. The van der Waals surface area contributed by atoms with Crippen LogP contribution in [-0.2, 0) is 0 Å². The van der Waals surface area contributed by atoms with Crippen molar-refractivity contribution in [3.05, 3.63) is 52.9 Å². The molecular formula is C11H8BrFN2. The molecule has 0 bridgehead atoms. The molecule has 2 nitrogen and oxygen atoms in total. The Labute approximate surface area is 95.3 Å². The summed E-state index contributed by atoms with van der Waals surface area (Å²) in [5.74, 6) is -0.00560. The van der Waals surface area contributed by atoms with Gasteiger partial charge in [0.05, 0.1) is 5.69 Å². The SMILES string of the molecule is Fc1cccc(Nc2ccccc2Br)n1. The van der Waals surface area contributed by atoms with Crippen LogP contribution in [0.2, 0.25) is 0 Å². The fourth-order valence-electron chi connectivity index (χ4n) is 1.18. The molecule has 0 atom stereocenters. The lowest BCUT2D eigenvalue weighted by molar-refractivity contribution is 0.585. The Morgan fingerprint density at radius 3 is 2.60 bits per heavy atom. The third kappa shape index (κ3) is 2.53. The molecule has 4 heteroatoms. The first-order valence-electron chi connectivity index (χ1n) is 4.40. The molecule has 0 aliphatic carbocycles. The third-order valence-corrected chi connectivity index (χ3v) is 2.54. The maximum atomic E-state index is 12.8. The number of pyridine rings is 1. The predicted octanol–water partition coefficient (Wildman–Crippen LogP) is 3.73. The van der Waals surface area contributed by atoms with E-state index in [-0.39, 0.29) is 0 Å². The Hall–Kier alpha value is -1.42. The van der Waals surface area contributed by atoms with E-state index in [1.165, 1.54) is 6.07 Å². The zero-order chi connectivity index (χ0) is 10.7. The number of nitrogens with one attached hydrogen (secondary N) is 1. The quantitative estimate of drug-likeness (QED) is 0.838. The zero-order valence-corrected chi connectivity index (χ0v) is 9.33. The summed E-state index contributed by atoms with van der Waals surface area (Å²) in [5, 5.41) is 3.02. The van der Waals surface area contributed by atoms with Crippen molar-refractivity contribution >= 4 is 27.4 Å². The van der Waals surface area contributed by atoms with Crippen LogP contribution in [0.15, 0.2) is 46.9 Å². The molecule has 1 heterocycles. The number of nitrogens with zero attached hydrogens (tertiary/aromatic N) is 1. The van der Waals surface area contributed by atoms with E-state index in [1.54, 1.807) is 12.1 Å². The fourth-order valence-corrected chi connectivity index (χ4v) is 1.56. The lowest BCUT2D eigenvalue weighted by Gasteiger charge is -2.06. The van der Waals surface area contributed by atoms with Gasteiger partial charge in [-0.15, -0.1) is 0 Å². The van der Waals surface area contributed by atoms with Crippen LogP contribution < -0.4 is 5.32 Å². The summed E-state index contributed by atoms with van der Waals surface area (Å²) >= 11 is 3.39. The maximum Gasteiger partial charge on any atom is 0.214 e. The van der Waals surface area contributed by atoms with Crippen molar-refractivity contribution < 1.29 is 4.39 Å². The van der Waals surface area contributed by atoms with E-state index in [0.717, 1.165) is 10.2 Å². The first kappa shape index (κ1) is 10.1. The predicted molar refractivity (Wildman–Crippen MR) is 61.6 cm³/mol. The number of rotatable bonds is 2. The van der Waals surface area contributed by atoms with Gasteiger partial charge in [-0.3, -0.25) is 0 Å². The highest BCUT2D eigenvalue weighted by atomic mass is 79.9. The molecule has 76 valence electrons. The normalized spacial score (nSPS) is 10.0. The summed E-state index contributed by atoms with van der Waals surface area (Å²) < 4.78 is 13.7. The molecule has 1 aromatic heterocycles. The van der Waals surface area contributed by atoms with Gasteiger partial charge in [-0.25, -0.2) is 4.98 Å². The molecule has 15 heavy (non-hydrogen) atoms. The summed E-state index contributed by atoms with van der Waals surface area (Å²) in [5.41, 5.74) is 0.857. The average Bonchev–Trinajstić information content (AvgIpc) is 2.22. The number of benzene rings is 1. The van der Waals surface area contributed by atoms with Crippen LogP contribution in [0.3, 0.4) is 0 Å². The van der Waals surface area contributed by atoms with Crippen molar-refractivity contribution in [3.63, 3.8) is 0 Å². The van der Waals surface area contributed by atoms with Crippen LogP contribution in [0.25, 0.3) is 0 Å². The Morgan fingerprint density at radius 2 is 1.87 bits per heavy atom. The Kier molecular flexibility index (Phi) is 2.97. The van der Waals surface area contributed by atoms with Gasteiger partial charge >= 0.3 is 0 Å². The number of aromatic nitrogens is 1. The van der Waals surface area contributed by atoms with E-state index in [4.69, 9.17) is 0 Å². The molecule has 0 amide bonds. The van der Waals surface area contributed by atoms with Gasteiger partial charge in [-0.05, 0) is 40.2 Å². The number of para-hydroxylation sites is 1. The molecule has 0 spiro atoms. The number of anilines is 2. The Balaban J connectivity index is 2.26. The molecule has 0 aliphatic rings. The average molecular weight is 267 g/mol. The molecule has 0 unspecified atom stereocenters. The van der Waals surface area contributed by atoms with Crippen molar-refractivity contribution in [3.8, 4) is 0 Å². The van der Waals surface area contributed by atoms with Gasteiger partial charge in [0.1, 0.15) is 5.82 Å². The summed E-state index contributed by atoms with van der Waals surface area (Å²) in [7, 11) is 0. The van der Waals surface area contributed by atoms with Crippen molar-refractivity contribution in [1.82, 2.24) is 4.98 Å². The molecule has 2 rings (SSSR count). The topological polar surface area (TPSA) is 24.9 Å². The molecular weight excluding hydrogens is 259 g/mol. The van der Waals surface area contributed by atoms with E-state index >= 15 is 0 Å². The van der Waals surface area contributed by atoms with Gasteiger partial charge in [0.25, 0.3) is 0 Å². The van der Waals surface area contributed by atoms with Crippen LogP contribution >= 0.6 is 15.9 Å². The monoisotopic (exact) mass is 266 g/mol. The van der Waals surface area contributed by atoms with Crippen molar-refractivity contribution in [1.29, 1.82) is 0 Å². The minimum Gasteiger partial charge on any atom is -0.339 e. The van der Waals surface area contributed by atoms with E-state index in [1.807, 2.05) is 24.3 Å². The van der Waals surface area contributed by atoms with Gasteiger partial charge in [0, 0.05) is 4.47 Å². The Bertz CT molecular complexity index is 474. The molecule has 1 N–H and O–H groups in total. The van der Waals surface area contributed by atoms with Gasteiger partial charge in [0.15, 0.2) is 0 Å². The number of hydrogen-bond acceptors (Lipinski definition) is 2. The lowest BCUT2D eigenvalue weighted by atomic mass is 10.3. The fraction of sp³-hybridized carbons (Fsp3) is 0. The van der Waals surface area contributed by atoms with Gasteiger partial charge < -0.3 is 5.32 Å². The molecule has 0 saturated heterocycles. The standard InChI is InChI=1S/C11H8BrFN2/c12-8-4-1-2-5-9(8)14-11-7-3-6-10(13)15-11/h1-7H,(H,14,15). The van der Waals surface area contributed by atoms with Crippen LogP contribution in [0.1, 0.15) is 0 Å². The first-order chi connectivity index (χ1) is 7.25. The van der Waals surface area contributed by atoms with Crippen LogP contribution in [-0.4, -0.2) is 4.98 Å². The van der Waals surface area contributed by atoms with Crippen molar-refractivity contribution in [2.24, 2.45) is 0 Å². The summed E-state index contributed by atoms with van der Waals surface area (Å²) in [4.78, 5) is 3.71. The van der Waals surface area contributed by atoms with Gasteiger partial charge in [-0.2, -0.15) is 4.39 Å². The third-order valence-electron chi connectivity index (χ3n) is 1.85. The highest BCUT2D eigenvalue weighted by Gasteiger charge is 2.00. The number of hydrogen-bond donors (Lipinski definition) is 1. The van der Waals surface area contributed by atoms with Crippen molar-refractivity contribution in [2.75, 3.05) is 5.32 Å². The second-order valence-electron chi connectivity index (χ2n) is 2.95. The zero-order valence-electron chi connectivity index (χ0n) is 7.74. The van der Waals surface area contributed by atoms with Gasteiger partial charge in [0.2, 0.25) is 5.95 Å². The van der Waals surface area contributed by atoms with Crippen LogP contribution in [0.4, 0.5) is 15.9 Å². The van der Waals surface area contributed by atoms with E-state index in [9.17, 15) is 4.39 Å². The minimum atomic E-state index is -0.493. The summed E-state index contributed by atoms with van der Waals surface area (Å²) in [6.45, 7) is 0. The smallest absolute Gasteiger partial charge is 0.214 e. The summed E-state index contributed by atoms with van der Waals surface area (Å²) in [6, 6.07) is 12.2. The molecule has 2 aromatic rings. The number of halogens is 2. The second kappa shape index (κ2) is 4.40. The van der Waals surface area contributed by atoms with E-state index < -0.39 is 5.95 Å². The maximum absolute atomic E-state index is 12.8. The molecule has 0 radical (unpaired) electrons. The molecule has 1 aromatic carbocycles. The first-order valence-corrected chi connectivity index (χ1v) is 5.19. The van der Waals surface area contributed by atoms with Gasteiger partial charge in [-0.1, -0.05) is 18.2 Å². The largest absolute Gasteiger partial charge is 0.339 e. The highest BCUT2D eigenvalue weighted by molar-refractivity contribution is 9.10. The highest BCUT2D eigenvalue weighted by Crippen LogP contribution is 2.24. The van der Waals surface area contributed by atoms with Crippen LogP contribution in [0, 0.1) is 5.95 Å².